The molecule has 0 aliphatic heterocycles. The molecule has 2 rings (SSSR count). The van der Waals surface area contributed by atoms with E-state index in [0.717, 1.165) is 12.8 Å². The number of aliphatic hydroxyl groups is 1. The Morgan fingerprint density at radius 3 is 2.53 bits per heavy atom. The first-order valence-electron chi connectivity index (χ1n) is 6.26. The predicted molar refractivity (Wildman–Crippen MR) is 71.2 cm³/mol. The van der Waals surface area contributed by atoms with Gasteiger partial charge in [0, 0.05) is 18.2 Å². The summed E-state index contributed by atoms with van der Waals surface area (Å²) in [5.41, 5.74) is 0.354. The smallest absolute Gasteiger partial charge is 0.247 e. The lowest BCUT2D eigenvalue weighted by molar-refractivity contribution is 0.276. The maximum atomic E-state index is 12.7. The highest BCUT2D eigenvalue weighted by Crippen LogP contribution is 2.35. The predicted octanol–water partition coefficient (Wildman–Crippen LogP) is 1.73. The van der Waals surface area contributed by atoms with Crippen LogP contribution in [0.25, 0.3) is 0 Å². The van der Waals surface area contributed by atoms with Gasteiger partial charge in [-0.3, -0.25) is 0 Å². The fourth-order valence-corrected chi connectivity index (χ4v) is 4.34. The Morgan fingerprint density at radius 2 is 2.05 bits per heavy atom. The van der Waals surface area contributed by atoms with Crippen molar-refractivity contribution in [2.45, 2.75) is 44.2 Å². The largest absolute Gasteiger partial charge is 0.465 e. The molecule has 1 saturated carbocycles. The summed E-state index contributed by atoms with van der Waals surface area (Å²) < 4.78 is 32.2. The summed E-state index contributed by atoms with van der Waals surface area (Å²) in [4.78, 5) is 0.112. The Labute approximate surface area is 113 Å². The number of rotatable bonds is 6. The van der Waals surface area contributed by atoms with Gasteiger partial charge in [-0.1, -0.05) is 6.08 Å². The minimum Gasteiger partial charge on any atom is -0.465 e. The zero-order valence-electron chi connectivity index (χ0n) is 11.2. The van der Waals surface area contributed by atoms with Crippen LogP contribution in [0.4, 0.5) is 0 Å². The van der Waals surface area contributed by atoms with E-state index < -0.39 is 10.0 Å². The van der Waals surface area contributed by atoms with Gasteiger partial charge >= 0.3 is 0 Å². The average molecular weight is 285 g/mol. The van der Waals surface area contributed by atoms with Crippen LogP contribution in [0.3, 0.4) is 0 Å². The fourth-order valence-electron chi connectivity index (χ4n) is 2.28. The number of aryl methyl sites for hydroxylation is 2. The summed E-state index contributed by atoms with van der Waals surface area (Å²) in [6.07, 6.45) is 3.32. The van der Waals surface area contributed by atoms with E-state index in [1.54, 1.807) is 19.9 Å². The van der Waals surface area contributed by atoms with Crippen LogP contribution >= 0.6 is 0 Å². The Balaban J connectivity index is 2.51. The Hall–Kier alpha value is -1.11. The SMILES string of the molecule is C=CCN(C1CC1)S(=O)(=O)c1c(C)oc(C)c1CO. The highest BCUT2D eigenvalue weighted by Gasteiger charge is 2.40. The lowest BCUT2D eigenvalue weighted by Gasteiger charge is -2.20. The van der Waals surface area contributed by atoms with Gasteiger partial charge in [-0.05, 0) is 26.7 Å². The fraction of sp³-hybridized carbons (Fsp3) is 0.538. The molecular formula is C13H19NO4S. The van der Waals surface area contributed by atoms with E-state index in [2.05, 4.69) is 6.58 Å². The van der Waals surface area contributed by atoms with Crippen LogP contribution in [0.1, 0.15) is 29.9 Å². The zero-order valence-corrected chi connectivity index (χ0v) is 12.0. The van der Waals surface area contributed by atoms with Crippen LogP contribution in [0.5, 0.6) is 0 Å². The molecule has 1 fully saturated rings. The van der Waals surface area contributed by atoms with E-state index >= 15 is 0 Å². The summed E-state index contributed by atoms with van der Waals surface area (Å²) >= 11 is 0. The van der Waals surface area contributed by atoms with Crippen LogP contribution in [0.2, 0.25) is 0 Å². The lowest BCUT2D eigenvalue weighted by atomic mass is 10.2. The number of sulfonamides is 1. The monoisotopic (exact) mass is 285 g/mol. The van der Waals surface area contributed by atoms with Crippen LogP contribution in [-0.4, -0.2) is 30.4 Å². The van der Waals surface area contributed by atoms with E-state index in [0.29, 0.717) is 17.1 Å². The van der Waals surface area contributed by atoms with Gasteiger partial charge in [0.05, 0.1) is 6.61 Å². The molecule has 0 unspecified atom stereocenters. The molecule has 6 heteroatoms. The molecule has 0 aromatic carbocycles. The maximum Gasteiger partial charge on any atom is 0.247 e. The second kappa shape index (κ2) is 5.11. The van der Waals surface area contributed by atoms with Crippen molar-refractivity contribution in [2.24, 2.45) is 0 Å². The van der Waals surface area contributed by atoms with Crippen molar-refractivity contribution in [1.29, 1.82) is 0 Å². The van der Waals surface area contributed by atoms with Crippen LogP contribution in [-0.2, 0) is 16.6 Å². The van der Waals surface area contributed by atoms with E-state index in [1.165, 1.54) is 4.31 Å². The van der Waals surface area contributed by atoms with Crippen LogP contribution in [0.15, 0.2) is 22.0 Å². The standard InChI is InChI=1S/C13H19NO4S/c1-4-7-14(11-5-6-11)19(16,17)13-10(3)18-9(2)12(13)8-15/h4,11,15H,1,5-8H2,2-3H3. The molecule has 0 radical (unpaired) electrons. The number of hydrogen-bond acceptors (Lipinski definition) is 4. The lowest BCUT2D eigenvalue weighted by Crippen LogP contribution is -2.34. The molecular weight excluding hydrogens is 266 g/mol. The Kier molecular flexibility index (Phi) is 3.85. The highest BCUT2D eigenvalue weighted by atomic mass is 32.2. The van der Waals surface area contributed by atoms with Gasteiger partial charge < -0.3 is 9.52 Å². The van der Waals surface area contributed by atoms with Gasteiger partial charge in [-0.2, -0.15) is 4.31 Å². The molecule has 1 aliphatic carbocycles. The summed E-state index contributed by atoms with van der Waals surface area (Å²) in [7, 11) is -3.64. The first-order valence-corrected chi connectivity index (χ1v) is 7.70. The minimum atomic E-state index is -3.64. The minimum absolute atomic E-state index is 0.0455. The summed E-state index contributed by atoms with van der Waals surface area (Å²) in [6.45, 7) is 6.81. The quantitative estimate of drug-likeness (QED) is 0.808. The molecule has 5 nitrogen and oxygen atoms in total. The Bertz CT molecular complexity index is 584. The molecule has 1 N–H and O–H groups in total. The molecule has 106 valence electrons. The second-order valence-corrected chi connectivity index (χ2v) is 6.60. The normalized spacial score (nSPS) is 16.0. The van der Waals surface area contributed by atoms with E-state index in [9.17, 15) is 13.5 Å². The number of nitrogens with zero attached hydrogens (tertiary/aromatic N) is 1. The van der Waals surface area contributed by atoms with Crippen molar-refractivity contribution in [1.82, 2.24) is 4.31 Å². The summed E-state index contributed by atoms with van der Waals surface area (Å²) in [5, 5.41) is 9.38. The van der Waals surface area contributed by atoms with Gasteiger partial charge in [0.25, 0.3) is 0 Å². The molecule has 1 aromatic heterocycles. The molecule has 0 amide bonds. The van der Waals surface area contributed by atoms with Gasteiger partial charge in [0.2, 0.25) is 10.0 Å². The molecule has 0 bridgehead atoms. The van der Waals surface area contributed by atoms with Crippen LogP contribution < -0.4 is 0 Å². The molecule has 0 atom stereocenters. The third kappa shape index (κ3) is 2.48. The molecule has 0 saturated heterocycles. The molecule has 1 aliphatic rings. The van der Waals surface area contributed by atoms with Gasteiger partial charge in [-0.15, -0.1) is 6.58 Å². The molecule has 1 aromatic rings. The van der Waals surface area contributed by atoms with E-state index in [-0.39, 0.29) is 24.1 Å². The van der Waals surface area contributed by atoms with Crippen molar-refractivity contribution in [3.05, 3.63) is 29.7 Å². The van der Waals surface area contributed by atoms with Gasteiger partial charge in [-0.25, -0.2) is 8.42 Å². The van der Waals surface area contributed by atoms with Crippen molar-refractivity contribution < 1.29 is 17.9 Å². The van der Waals surface area contributed by atoms with Gasteiger partial charge in [0.1, 0.15) is 16.4 Å². The highest BCUT2D eigenvalue weighted by molar-refractivity contribution is 7.89. The van der Waals surface area contributed by atoms with Crippen LogP contribution in [0, 0.1) is 13.8 Å². The number of furan rings is 1. The third-order valence-corrected chi connectivity index (χ3v) is 5.43. The summed E-state index contributed by atoms with van der Waals surface area (Å²) in [5.74, 6) is 0.782. The second-order valence-electron chi connectivity index (χ2n) is 4.77. The first kappa shape index (κ1) is 14.3. The van der Waals surface area contributed by atoms with Crippen molar-refractivity contribution >= 4 is 10.0 Å². The maximum absolute atomic E-state index is 12.7. The molecule has 19 heavy (non-hydrogen) atoms. The third-order valence-electron chi connectivity index (χ3n) is 3.31. The topological polar surface area (TPSA) is 70.8 Å². The van der Waals surface area contributed by atoms with E-state index in [4.69, 9.17) is 4.42 Å². The molecule has 0 spiro atoms. The number of aliphatic hydroxyl groups excluding tert-OH is 1. The zero-order chi connectivity index (χ0) is 14.2. The first-order chi connectivity index (χ1) is 8.93. The van der Waals surface area contributed by atoms with Gasteiger partial charge in [0.15, 0.2) is 0 Å². The Morgan fingerprint density at radius 1 is 1.42 bits per heavy atom. The summed E-state index contributed by atoms with van der Waals surface area (Å²) in [6, 6.07) is 0.0455. The van der Waals surface area contributed by atoms with Crippen molar-refractivity contribution in [3.8, 4) is 0 Å². The molecule has 1 heterocycles. The van der Waals surface area contributed by atoms with E-state index in [1.807, 2.05) is 0 Å². The van der Waals surface area contributed by atoms with Crippen molar-refractivity contribution in [2.75, 3.05) is 6.54 Å². The van der Waals surface area contributed by atoms with Crippen molar-refractivity contribution in [3.63, 3.8) is 0 Å². The average Bonchev–Trinajstić information content (AvgIpc) is 3.11. The number of hydrogen-bond donors (Lipinski definition) is 1.